The molecule has 1 aliphatic carbocycles. The second-order valence-electron chi connectivity index (χ2n) is 6.48. The lowest BCUT2D eigenvalue weighted by Crippen LogP contribution is -2.20. The molecule has 0 radical (unpaired) electrons. The summed E-state index contributed by atoms with van der Waals surface area (Å²) in [6, 6.07) is 0. The molecule has 0 saturated carbocycles. The summed E-state index contributed by atoms with van der Waals surface area (Å²) < 4.78 is 0. The van der Waals surface area contributed by atoms with Gasteiger partial charge in [-0.2, -0.15) is 0 Å². The van der Waals surface area contributed by atoms with E-state index in [1.807, 2.05) is 6.08 Å². The summed E-state index contributed by atoms with van der Waals surface area (Å²) in [5.74, 6) is 0.107. The maximum Gasteiger partial charge on any atom is 0.152 e. The van der Waals surface area contributed by atoms with Crippen LogP contribution < -0.4 is 0 Å². The fourth-order valence-electron chi connectivity index (χ4n) is 2.98. The lowest BCUT2D eigenvalue weighted by Gasteiger charge is -2.34. The van der Waals surface area contributed by atoms with Gasteiger partial charge in [0.25, 0.3) is 0 Å². The van der Waals surface area contributed by atoms with Crippen LogP contribution >= 0.6 is 0 Å². The standard InChI is InChI=1S/C18H28O/c1-14(8-6-10-16(3)19)11-12-17-15(2)9-7-13-18(17,4)5/h6,8,10H,7,9,11-13H2,1-5H3. The molecule has 0 aromatic heterocycles. The molecule has 0 saturated heterocycles. The van der Waals surface area contributed by atoms with Gasteiger partial charge >= 0.3 is 0 Å². The first kappa shape index (κ1) is 15.9. The largest absolute Gasteiger partial charge is 0.295 e. The predicted molar refractivity (Wildman–Crippen MR) is 83.1 cm³/mol. The molecule has 0 amide bonds. The van der Waals surface area contributed by atoms with Crippen molar-refractivity contribution in [1.29, 1.82) is 0 Å². The monoisotopic (exact) mass is 260 g/mol. The van der Waals surface area contributed by atoms with Crippen LogP contribution in [0.3, 0.4) is 0 Å². The molecular weight excluding hydrogens is 232 g/mol. The maximum atomic E-state index is 10.8. The van der Waals surface area contributed by atoms with Gasteiger partial charge in [-0.15, -0.1) is 0 Å². The van der Waals surface area contributed by atoms with Crippen molar-refractivity contribution in [2.75, 3.05) is 0 Å². The number of rotatable bonds is 5. The van der Waals surface area contributed by atoms with Crippen LogP contribution in [0.15, 0.2) is 34.9 Å². The summed E-state index contributed by atoms with van der Waals surface area (Å²) in [4.78, 5) is 10.8. The van der Waals surface area contributed by atoms with Gasteiger partial charge < -0.3 is 0 Å². The normalized spacial score (nSPS) is 20.2. The highest BCUT2D eigenvalue weighted by Gasteiger charge is 2.27. The third-order valence-electron chi connectivity index (χ3n) is 4.17. The van der Waals surface area contributed by atoms with Gasteiger partial charge in [0.05, 0.1) is 0 Å². The minimum Gasteiger partial charge on any atom is -0.295 e. The summed E-state index contributed by atoms with van der Waals surface area (Å²) in [5, 5.41) is 0. The van der Waals surface area contributed by atoms with E-state index in [9.17, 15) is 4.79 Å². The Balaban J connectivity index is 2.63. The van der Waals surface area contributed by atoms with E-state index in [2.05, 4.69) is 33.8 Å². The number of hydrogen-bond donors (Lipinski definition) is 0. The van der Waals surface area contributed by atoms with Crippen LogP contribution in [0.4, 0.5) is 0 Å². The number of carbonyl (C=O) groups excluding carboxylic acids is 1. The molecule has 1 nitrogen and oxygen atoms in total. The summed E-state index contributed by atoms with van der Waals surface area (Å²) in [7, 11) is 0. The lowest BCUT2D eigenvalue weighted by molar-refractivity contribution is -0.112. The second-order valence-corrected chi connectivity index (χ2v) is 6.48. The summed E-state index contributed by atoms with van der Waals surface area (Å²) >= 11 is 0. The van der Waals surface area contributed by atoms with Gasteiger partial charge in [0, 0.05) is 0 Å². The molecule has 0 spiro atoms. The van der Waals surface area contributed by atoms with E-state index in [0.29, 0.717) is 5.41 Å². The molecule has 0 unspecified atom stereocenters. The van der Waals surface area contributed by atoms with Crippen molar-refractivity contribution in [2.24, 2.45) is 5.41 Å². The molecule has 0 aromatic carbocycles. The van der Waals surface area contributed by atoms with Crippen LogP contribution in [0.5, 0.6) is 0 Å². The highest BCUT2D eigenvalue weighted by molar-refractivity contribution is 5.87. The van der Waals surface area contributed by atoms with Gasteiger partial charge in [0.2, 0.25) is 0 Å². The Hall–Kier alpha value is -1.11. The van der Waals surface area contributed by atoms with E-state index in [1.165, 1.54) is 24.8 Å². The average Bonchev–Trinajstić information content (AvgIpc) is 2.26. The molecule has 0 bridgehead atoms. The highest BCUT2D eigenvalue weighted by Crippen LogP contribution is 2.42. The zero-order valence-electron chi connectivity index (χ0n) is 13.2. The highest BCUT2D eigenvalue weighted by atomic mass is 16.1. The van der Waals surface area contributed by atoms with Crippen molar-refractivity contribution in [2.45, 2.75) is 66.7 Å². The van der Waals surface area contributed by atoms with Crippen LogP contribution in [0, 0.1) is 5.41 Å². The number of ketones is 1. The SMILES string of the molecule is CC(=O)C=CC=C(C)CCC1=C(C)CCCC1(C)C. The maximum absolute atomic E-state index is 10.8. The number of hydrogen-bond acceptors (Lipinski definition) is 1. The smallest absolute Gasteiger partial charge is 0.152 e. The van der Waals surface area contributed by atoms with Crippen LogP contribution in [-0.2, 0) is 4.79 Å². The fourth-order valence-corrected chi connectivity index (χ4v) is 2.98. The van der Waals surface area contributed by atoms with Gasteiger partial charge in [-0.3, -0.25) is 4.79 Å². The molecule has 0 aromatic rings. The van der Waals surface area contributed by atoms with Gasteiger partial charge in [-0.25, -0.2) is 0 Å². The Morgan fingerprint density at radius 1 is 1.32 bits per heavy atom. The molecule has 0 N–H and O–H groups in total. The minimum atomic E-state index is 0.107. The molecule has 0 aliphatic heterocycles. The predicted octanol–water partition coefficient (Wildman–Crippen LogP) is 5.38. The third-order valence-corrected chi connectivity index (χ3v) is 4.17. The Morgan fingerprint density at radius 3 is 2.58 bits per heavy atom. The first-order valence-corrected chi connectivity index (χ1v) is 7.36. The first-order chi connectivity index (χ1) is 8.83. The first-order valence-electron chi connectivity index (χ1n) is 7.36. The van der Waals surface area contributed by atoms with Crippen molar-refractivity contribution in [3.8, 4) is 0 Å². The molecule has 0 atom stereocenters. The van der Waals surface area contributed by atoms with Crippen LogP contribution in [0.2, 0.25) is 0 Å². The minimum absolute atomic E-state index is 0.107. The summed E-state index contributed by atoms with van der Waals surface area (Å²) in [6.45, 7) is 10.8. The Labute approximate surface area is 118 Å². The topological polar surface area (TPSA) is 17.1 Å². The molecule has 0 heterocycles. The molecule has 1 rings (SSSR count). The summed E-state index contributed by atoms with van der Waals surface area (Å²) in [5.41, 5.74) is 4.97. The van der Waals surface area contributed by atoms with Crippen molar-refractivity contribution < 1.29 is 4.79 Å². The average molecular weight is 260 g/mol. The molecule has 1 aliphatic rings. The van der Waals surface area contributed by atoms with Crippen LogP contribution in [-0.4, -0.2) is 5.78 Å². The summed E-state index contributed by atoms with van der Waals surface area (Å²) in [6.07, 6.45) is 11.7. The van der Waals surface area contributed by atoms with E-state index < -0.39 is 0 Å². The molecule has 0 fully saturated rings. The van der Waals surface area contributed by atoms with Crippen molar-refractivity contribution >= 4 is 5.78 Å². The van der Waals surface area contributed by atoms with Crippen LogP contribution in [0.1, 0.15) is 66.7 Å². The van der Waals surface area contributed by atoms with Gasteiger partial charge in [-0.1, -0.05) is 42.7 Å². The molecule has 19 heavy (non-hydrogen) atoms. The van der Waals surface area contributed by atoms with E-state index in [4.69, 9.17) is 0 Å². The third kappa shape index (κ3) is 5.18. The number of carbonyl (C=O) groups is 1. The zero-order chi connectivity index (χ0) is 14.5. The van der Waals surface area contributed by atoms with Gasteiger partial charge in [-0.05, 0) is 64.4 Å². The zero-order valence-corrected chi connectivity index (χ0v) is 13.2. The fraction of sp³-hybridized carbons (Fsp3) is 0.611. The quantitative estimate of drug-likeness (QED) is 0.368. The van der Waals surface area contributed by atoms with E-state index in [-0.39, 0.29) is 5.78 Å². The molecule has 1 heteroatoms. The molecule has 106 valence electrons. The van der Waals surface area contributed by atoms with Crippen molar-refractivity contribution in [1.82, 2.24) is 0 Å². The van der Waals surface area contributed by atoms with E-state index in [0.717, 1.165) is 12.8 Å². The van der Waals surface area contributed by atoms with Crippen molar-refractivity contribution in [3.05, 3.63) is 34.9 Å². The lowest BCUT2D eigenvalue weighted by atomic mass is 9.71. The van der Waals surface area contributed by atoms with E-state index in [1.54, 1.807) is 24.1 Å². The van der Waals surface area contributed by atoms with Gasteiger partial charge in [0.1, 0.15) is 0 Å². The Morgan fingerprint density at radius 2 is 2.00 bits per heavy atom. The van der Waals surface area contributed by atoms with E-state index >= 15 is 0 Å². The molecular formula is C18H28O. The Bertz CT molecular complexity index is 419. The van der Waals surface area contributed by atoms with Crippen molar-refractivity contribution in [3.63, 3.8) is 0 Å². The van der Waals surface area contributed by atoms with Gasteiger partial charge in [0.15, 0.2) is 5.78 Å². The second kappa shape index (κ2) is 6.88. The Kier molecular flexibility index (Phi) is 5.78. The van der Waals surface area contributed by atoms with Crippen LogP contribution in [0.25, 0.3) is 0 Å². The number of allylic oxidation sites excluding steroid dienone is 6.